The number of piperidine rings is 1. The van der Waals surface area contributed by atoms with Gasteiger partial charge in [-0.15, -0.1) is 11.8 Å². The number of carbonyl (C=O) groups is 2. The minimum atomic E-state index is -0.815. The van der Waals surface area contributed by atoms with Crippen molar-refractivity contribution >= 4 is 23.6 Å². The Morgan fingerprint density at radius 1 is 1.41 bits per heavy atom. The van der Waals surface area contributed by atoms with E-state index in [1.807, 2.05) is 31.2 Å². The summed E-state index contributed by atoms with van der Waals surface area (Å²) in [4.78, 5) is 26.2. The highest BCUT2D eigenvalue weighted by Gasteiger charge is 2.32. The van der Waals surface area contributed by atoms with E-state index in [4.69, 9.17) is 9.84 Å². The lowest BCUT2D eigenvalue weighted by Gasteiger charge is -2.36. The van der Waals surface area contributed by atoms with E-state index in [0.29, 0.717) is 18.7 Å². The maximum atomic E-state index is 12.4. The summed E-state index contributed by atoms with van der Waals surface area (Å²) in [5.41, 5.74) is 0. The predicted molar refractivity (Wildman–Crippen MR) is 85.3 cm³/mol. The van der Waals surface area contributed by atoms with Crippen LogP contribution in [0.3, 0.4) is 0 Å². The highest BCUT2D eigenvalue weighted by Crippen LogP contribution is 2.26. The van der Waals surface area contributed by atoms with E-state index in [9.17, 15) is 9.59 Å². The smallest absolute Gasteiger partial charge is 0.308 e. The van der Waals surface area contributed by atoms with Crippen LogP contribution in [0.4, 0.5) is 0 Å². The van der Waals surface area contributed by atoms with Crippen LogP contribution in [0, 0.1) is 5.92 Å². The molecule has 1 fully saturated rings. The van der Waals surface area contributed by atoms with Gasteiger partial charge < -0.3 is 14.7 Å². The molecule has 1 amide bonds. The van der Waals surface area contributed by atoms with Crippen LogP contribution in [-0.2, 0) is 9.59 Å². The van der Waals surface area contributed by atoms with Crippen molar-refractivity contribution in [3.63, 3.8) is 0 Å². The maximum Gasteiger partial charge on any atom is 0.308 e. The molecule has 0 aromatic heterocycles. The molecule has 1 aromatic rings. The second-order valence-electron chi connectivity index (χ2n) is 5.48. The number of amides is 1. The summed E-state index contributed by atoms with van der Waals surface area (Å²) in [5, 5.41) is 9.13. The van der Waals surface area contributed by atoms with Gasteiger partial charge in [0.05, 0.1) is 18.8 Å². The summed E-state index contributed by atoms with van der Waals surface area (Å²) in [6, 6.07) is 7.66. The first-order valence-electron chi connectivity index (χ1n) is 7.30. The second kappa shape index (κ2) is 7.54. The molecule has 6 heteroatoms. The molecule has 1 N–H and O–H groups in total. The number of likely N-dealkylation sites (tertiary alicyclic amines) is 1. The molecule has 2 atom stereocenters. The number of rotatable bonds is 5. The van der Waals surface area contributed by atoms with Crippen molar-refractivity contribution in [1.29, 1.82) is 0 Å². The normalized spacial score (nSPS) is 21.5. The Bertz CT molecular complexity index is 549. The number of nitrogens with zero attached hydrogens (tertiary/aromatic N) is 1. The number of methoxy groups -OCH3 is 1. The molecule has 120 valence electrons. The van der Waals surface area contributed by atoms with E-state index >= 15 is 0 Å². The lowest BCUT2D eigenvalue weighted by molar-refractivity contribution is -0.146. The topological polar surface area (TPSA) is 66.8 Å². The predicted octanol–water partition coefficient (Wildman–Crippen LogP) is 2.50. The fourth-order valence-electron chi connectivity index (χ4n) is 2.58. The molecule has 0 spiro atoms. The van der Waals surface area contributed by atoms with Gasteiger partial charge in [-0.1, -0.05) is 6.07 Å². The first-order chi connectivity index (χ1) is 10.5. The Kier molecular flexibility index (Phi) is 5.71. The Hall–Kier alpha value is -1.69. The van der Waals surface area contributed by atoms with Gasteiger partial charge in [-0.25, -0.2) is 0 Å². The van der Waals surface area contributed by atoms with Crippen LogP contribution in [-0.4, -0.2) is 47.3 Å². The van der Waals surface area contributed by atoms with Crippen LogP contribution >= 0.6 is 11.8 Å². The zero-order valence-electron chi connectivity index (χ0n) is 12.8. The molecule has 1 aromatic carbocycles. The van der Waals surface area contributed by atoms with Crippen LogP contribution in [0.15, 0.2) is 29.2 Å². The van der Waals surface area contributed by atoms with Crippen LogP contribution in [0.1, 0.15) is 19.8 Å². The Balaban J connectivity index is 1.94. The number of carbonyl (C=O) groups excluding carboxylic acids is 1. The van der Waals surface area contributed by atoms with Crippen molar-refractivity contribution in [2.75, 3.05) is 19.4 Å². The van der Waals surface area contributed by atoms with Gasteiger partial charge in [0.15, 0.2) is 0 Å². The fraction of sp³-hybridized carbons (Fsp3) is 0.500. The van der Waals surface area contributed by atoms with Gasteiger partial charge in [-0.2, -0.15) is 0 Å². The zero-order valence-corrected chi connectivity index (χ0v) is 13.6. The van der Waals surface area contributed by atoms with E-state index in [2.05, 4.69) is 0 Å². The summed E-state index contributed by atoms with van der Waals surface area (Å²) in [7, 11) is 1.61. The molecule has 1 aliphatic heterocycles. The van der Waals surface area contributed by atoms with Gasteiger partial charge >= 0.3 is 5.97 Å². The number of aliphatic carboxylic acids is 1. The average molecular weight is 323 g/mol. The van der Waals surface area contributed by atoms with Crippen LogP contribution in [0.2, 0.25) is 0 Å². The number of carboxylic acid groups (broad SMARTS) is 1. The largest absolute Gasteiger partial charge is 0.497 e. The molecule has 1 aliphatic rings. The fourth-order valence-corrected chi connectivity index (χ4v) is 3.41. The molecule has 22 heavy (non-hydrogen) atoms. The first-order valence-corrected chi connectivity index (χ1v) is 8.29. The first kappa shape index (κ1) is 16.7. The number of carboxylic acids is 1. The summed E-state index contributed by atoms with van der Waals surface area (Å²) in [5.74, 6) is -0.197. The molecule has 1 saturated heterocycles. The number of benzene rings is 1. The SMILES string of the molecule is COc1cccc(SCC(=O)N2CC(C(=O)O)CCC2C)c1. The Labute approximate surface area is 134 Å². The molecule has 5 nitrogen and oxygen atoms in total. The lowest BCUT2D eigenvalue weighted by atomic mass is 9.93. The zero-order chi connectivity index (χ0) is 16.1. The average Bonchev–Trinajstić information content (AvgIpc) is 2.53. The lowest BCUT2D eigenvalue weighted by Crippen LogP contribution is -2.48. The third-order valence-corrected chi connectivity index (χ3v) is 4.93. The second-order valence-corrected chi connectivity index (χ2v) is 6.52. The number of thioether (sulfide) groups is 1. The van der Waals surface area contributed by atoms with E-state index in [-0.39, 0.29) is 11.9 Å². The molecule has 2 rings (SSSR count). The molecular formula is C16H21NO4S. The molecular weight excluding hydrogens is 302 g/mol. The quantitative estimate of drug-likeness (QED) is 0.843. The van der Waals surface area contributed by atoms with Crippen molar-refractivity contribution in [3.05, 3.63) is 24.3 Å². The summed E-state index contributed by atoms with van der Waals surface area (Å²) in [6.07, 6.45) is 1.38. The molecule has 1 heterocycles. The number of ether oxygens (including phenoxy) is 1. The van der Waals surface area contributed by atoms with Crippen LogP contribution in [0.25, 0.3) is 0 Å². The molecule has 2 unspecified atom stereocenters. The van der Waals surface area contributed by atoms with Gasteiger partial charge in [0, 0.05) is 17.5 Å². The monoisotopic (exact) mass is 323 g/mol. The minimum absolute atomic E-state index is 0.00808. The highest BCUT2D eigenvalue weighted by atomic mass is 32.2. The third kappa shape index (κ3) is 4.16. The number of hydrogen-bond acceptors (Lipinski definition) is 4. The van der Waals surface area contributed by atoms with Gasteiger partial charge in [-0.05, 0) is 38.0 Å². The summed E-state index contributed by atoms with van der Waals surface area (Å²) < 4.78 is 5.16. The van der Waals surface area contributed by atoms with Gasteiger partial charge in [0.1, 0.15) is 5.75 Å². The highest BCUT2D eigenvalue weighted by molar-refractivity contribution is 8.00. The van der Waals surface area contributed by atoms with Crippen molar-refractivity contribution in [1.82, 2.24) is 4.90 Å². The van der Waals surface area contributed by atoms with Crippen molar-refractivity contribution in [2.45, 2.75) is 30.7 Å². The summed E-state index contributed by atoms with van der Waals surface area (Å²) in [6.45, 7) is 2.29. The molecule has 0 saturated carbocycles. The van der Waals surface area contributed by atoms with Gasteiger partial charge in [0.2, 0.25) is 5.91 Å². The van der Waals surface area contributed by atoms with Crippen molar-refractivity contribution < 1.29 is 19.4 Å². The number of hydrogen-bond donors (Lipinski definition) is 1. The van der Waals surface area contributed by atoms with E-state index in [1.54, 1.807) is 12.0 Å². The van der Waals surface area contributed by atoms with Gasteiger partial charge in [0.25, 0.3) is 0 Å². The Morgan fingerprint density at radius 2 is 2.18 bits per heavy atom. The summed E-state index contributed by atoms with van der Waals surface area (Å²) >= 11 is 1.44. The van der Waals surface area contributed by atoms with E-state index in [1.165, 1.54) is 11.8 Å². The maximum absolute atomic E-state index is 12.4. The molecule has 0 bridgehead atoms. The van der Waals surface area contributed by atoms with Crippen LogP contribution in [0.5, 0.6) is 5.75 Å². The van der Waals surface area contributed by atoms with Crippen molar-refractivity contribution in [2.24, 2.45) is 5.92 Å². The van der Waals surface area contributed by atoms with E-state index < -0.39 is 11.9 Å². The van der Waals surface area contributed by atoms with E-state index in [0.717, 1.165) is 17.1 Å². The minimum Gasteiger partial charge on any atom is -0.497 e. The van der Waals surface area contributed by atoms with Crippen LogP contribution < -0.4 is 4.74 Å². The Morgan fingerprint density at radius 3 is 2.86 bits per heavy atom. The van der Waals surface area contributed by atoms with Crippen molar-refractivity contribution in [3.8, 4) is 5.75 Å². The molecule has 0 radical (unpaired) electrons. The standard InChI is InChI=1S/C16H21NO4S/c1-11-6-7-12(16(19)20)9-17(11)15(18)10-22-14-5-3-4-13(8-14)21-2/h3-5,8,11-12H,6-7,9-10H2,1-2H3,(H,19,20). The molecule has 0 aliphatic carbocycles. The third-order valence-electron chi connectivity index (χ3n) is 3.96. The van der Waals surface area contributed by atoms with Gasteiger partial charge in [-0.3, -0.25) is 9.59 Å².